The first-order chi connectivity index (χ1) is 14.9. The summed E-state index contributed by atoms with van der Waals surface area (Å²) >= 11 is 0. The minimum atomic E-state index is -0.210. The summed E-state index contributed by atoms with van der Waals surface area (Å²) in [7, 11) is 3.35. The quantitative estimate of drug-likeness (QED) is 0.679. The lowest BCUT2D eigenvalue weighted by Crippen LogP contribution is -2.47. The van der Waals surface area contributed by atoms with Gasteiger partial charge < -0.3 is 19.1 Å². The molecule has 0 spiro atoms. The zero-order chi connectivity index (χ0) is 22.0. The lowest BCUT2D eigenvalue weighted by molar-refractivity contribution is -0.0903. The Morgan fingerprint density at radius 2 is 1.65 bits per heavy atom. The molecule has 6 heteroatoms. The number of hydrogen-bond acceptors (Lipinski definition) is 5. The van der Waals surface area contributed by atoms with Crippen molar-refractivity contribution >= 4 is 5.69 Å². The highest BCUT2D eigenvalue weighted by Gasteiger charge is 2.34. The zero-order valence-electron chi connectivity index (χ0n) is 19.0. The van der Waals surface area contributed by atoms with Gasteiger partial charge in [-0.3, -0.25) is 4.90 Å². The van der Waals surface area contributed by atoms with E-state index in [9.17, 15) is 4.39 Å². The second-order valence-electron chi connectivity index (χ2n) is 9.04. The van der Waals surface area contributed by atoms with Crippen molar-refractivity contribution in [2.45, 2.75) is 38.4 Å². The van der Waals surface area contributed by atoms with Crippen LogP contribution in [-0.2, 0) is 11.2 Å². The number of anilines is 1. The Morgan fingerprint density at radius 3 is 2.29 bits per heavy atom. The molecule has 1 saturated heterocycles. The molecule has 5 nitrogen and oxygen atoms in total. The predicted octanol–water partition coefficient (Wildman–Crippen LogP) is 4.45. The molecule has 0 bridgehead atoms. The maximum absolute atomic E-state index is 13.2. The molecule has 4 rings (SSSR count). The molecule has 2 heterocycles. The van der Waals surface area contributed by atoms with Gasteiger partial charge in [-0.05, 0) is 67.8 Å². The van der Waals surface area contributed by atoms with Gasteiger partial charge in [0.2, 0.25) is 0 Å². The van der Waals surface area contributed by atoms with Crippen LogP contribution in [0.15, 0.2) is 36.4 Å². The van der Waals surface area contributed by atoms with Crippen LogP contribution in [0, 0.1) is 5.82 Å². The van der Waals surface area contributed by atoms with Gasteiger partial charge in [0, 0.05) is 44.8 Å². The number of piperazine rings is 1. The van der Waals surface area contributed by atoms with Crippen LogP contribution in [0.25, 0.3) is 0 Å². The van der Waals surface area contributed by atoms with Crippen molar-refractivity contribution in [1.82, 2.24) is 4.90 Å². The minimum absolute atomic E-state index is 0.0358. The second kappa shape index (κ2) is 9.05. The van der Waals surface area contributed by atoms with Gasteiger partial charge in [0.25, 0.3) is 0 Å². The minimum Gasteiger partial charge on any atom is -0.493 e. The van der Waals surface area contributed by atoms with Gasteiger partial charge in [0.05, 0.1) is 25.9 Å². The molecular weight excluding hydrogens is 395 g/mol. The predicted molar refractivity (Wildman–Crippen MR) is 121 cm³/mol. The van der Waals surface area contributed by atoms with Crippen LogP contribution < -0.4 is 14.4 Å². The van der Waals surface area contributed by atoms with Gasteiger partial charge in [-0.25, -0.2) is 4.39 Å². The summed E-state index contributed by atoms with van der Waals surface area (Å²) < 4.78 is 30.7. The van der Waals surface area contributed by atoms with Crippen LogP contribution in [0.2, 0.25) is 0 Å². The number of benzene rings is 2. The Kier molecular flexibility index (Phi) is 6.39. The summed E-state index contributed by atoms with van der Waals surface area (Å²) in [5.41, 5.74) is 3.37. The molecule has 0 N–H and O–H groups in total. The lowest BCUT2D eigenvalue weighted by atomic mass is 9.87. The number of hydrogen-bond donors (Lipinski definition) is 0. The average Bonchev–Trinajstić information content (AvgIpc) is 2.77. The van der Waals surface area contributed by atoms with Gasteiger partial charge in [-0.2, -0.15) is 0 Å². The molecule has 0 radical (unpaired) electrons. The Hall–Kier alpha value is -2.31. The molecule has 0 aliphatic carbocycles. The number of fused-ring (bicyclic) bond motifs is 1. The highest BCUT2D eigenvalue weighted by Crippen LogP contribution is 2.42. The summed E-state index contributed by atoms with van der Waals surface area (Å²) in [6.45, 7) is 9.17. The van der Waals surface area contributed by atoms with Crippen molar-refractivity contribution in [3.05, 3.63) is 53.3 Å². The monoisotopic (exact) mass is 428 g/mol. The number of ether oxygens (including phenoxy) is 3. The zero-order valence-corrected chi connectivity index (χ0v) is 19.0. The summed E-state index contributed by atoms with van der Waals surface area (Å²) in [6, 6.07) is 11.0. The molecular formula is C25H33FN2O3. The molecule has 1 fully saturated rings. The van der Waals surface area contributed by atoms with Crippen molar-refractivity contribution in [2.75, 3.05) is 51.8 Å². The second-order valence-corrected chi connectivity index (χ2v) is 9.04. The molecule has 0 aromatic heterocycles. The van der Waals surface area contributed by atoms with Crippen LogP contribution in [0.4, 0.5) is 10.1 Å². The molecule has 2 aliphatic rings. The van der Waals surface area contributed by atoms with E-state index in [2.05, 4.69) is 35.8 Å². The Labute approximate surface area is 184 Å². The third-order valence-corrected chi connectivity index (χ3v) is 6.34. The van der Waals surface area contributed by atoms with Crippen LogP contribution in [-0.4, -0.2) is 57.4 Å². The first-order valence-electron chi connectivity index (χ1n) is 11.0. The first kappa shape index (κ1) is 21.9. The molecule has 2 aromatic rings. The third-order valence-electron chi connectivity index (χ3n) is 6.34. The van der Waals surface area contributed by atoms with Crippen molar-refractivity contribution in [3.8, 4) is 11.5 Å². The summed E-state index contributed by atoms with van der Waals surface area (Å²) in [4.78, 5) is 4.81. The van der Waals surface area contributed by atoms with E-state index < -0.39 is 0 Å². The van der Waals surface area contributed by atoms with Gasteiger partial charge in [-0.15, -0.1) is 0 Å². The highest BCUT2D eigenvalue weighted by molar-refractivity contribution is 5.49. The van der Waals surface area contributed by atoms with E-state index in [-0.39, 0.29) is 17.5 Å². The maximum Gasteiger partial charge on any atom is 0.161 e. The van der Waals surface area contributed by atoms with Crippen LogP contribution >= 0.6 is 0 Å². The van der Waals surface area contributed by atoms with Crippen LogP contribution in [0.5, 0.6) is 11.5 Å². The average molecular weight is 429 g/mol. The van der Waals surface area contributed by atoms with Gasteiger partial charge in [-0.1, -0.05) is 0 Å². The topological polar surface area (TPSA) is 34.2 Å². The van der Waals surface area contributed by atoms with Crippen molar-refractivity contribution in [2.24, 2.45) is 0 Å². The number of methoxy groups -OCH3 is 2. The maximum atomic E-state index is 13.2. The molecule has 31 heavy (non-hydrogen) atoms. The number of halogens is 1. The van der Waals surface area contributed by atoms with Gasteiger partial charge in [0.1, 0.15) is 5.82 Å². The van der Waals surface area contributed by atoms with Gasteiger partial charge in [0.15, 0.2) is 11.5 Å². The van der Waals surface area contributed by atoms with Crippen LogP contribution in [0.1, 0.15) is 37.5 Å². The molecule has 168 valence electrons. The fourth-order valence-corrected chi connectivity index (χ4v) is 4.73. The van der Waals surface area contributed by atoms with Crippen molar-refractivity contribution in [3.63, 3.8) is 0 Å². The van der Waals surface area contributed by atoms with E-state index >= 15 is 0 Å². The van der Waals surface area contributed by atoms with E-state index in [4.69, 9.17) is 14.2 Å². The van der Waals surface area contributed by atoms with E-state index in [0.29, 0.717) is 0 Å². The first-order valence-corrected chi connectivity index (χ1v) is 11.0. The smallest absolute Gasteiger partial charge is 0.161 e. The Balaban J connectivity index is 1.40. The van der Waals surface area contributed by atoms with E-state index in [1.807, 2.05) is 12.1 Å². The summed E-state index contributed by atoms with van der Waals surface area (Å²) in [5, 5.41) is 0. The Morgan fingerprint density at radius 1 is 1.00 bits per heavy atom. The van der Waals surface area contributed by atoms with E-state index in [0.717, 1.165) is 62.8 Å². The summed E-state index contributed by atoms with van der Waals surface area (Å²) in [5.74, 6) is 1.34. The standard InChI is InChI=1S/C25H33FN2O3/c1-25(2)17-18-15-23(29-3)24(30-4)16-21(18)22(31-25)9-10-27-11-13-28(14-12-27)20-7-5-19(26)6-8-20/h5-8,15-16,22H,9-14,17H2,1-4H3. The normalized spacial score (nSPS) is 20.9. The fourth-order valence-electron chi connectivity index (χ4n) is 4.73. The number of rotatable bonds is 6. The van der Waals surface area contributed by atoms with Crippen LogP contribution in [0.3, 0.4) is 0 Å². The third kappa shape index (κ3) is 4.96. The summed E-state index contributed by atoms with van der Waals surface area (Å²) in [6.07, 6.45) is 1.83. The fraction of sp³-hybridized carbons (Fsp3) is 0.520. The molecule has 2 aliphatic heterocycles. The molecule has 2 aromatic carbocycles. The van der Waals surface area contributed by atoms with E-state index in [1.165, 1.54) is 23.3 Å². The molecule has 1 atom stereocenters. The molecule has 1 unspecified atom stereocenters. The highest BCUT2D eigenvalue weighted by atomic mass is 19.1. The van der Waals surface area contributed by atoms with Crippen molar-refractivity contribution < 1.29 is 18.6 Å². The number of nitrogens with zero attached hydrogens (tertiary/aromatic N) is 2. The largest absolute Gasteiger partial charge is 0.493 e. The lowest BCUT2D eigenvalue weighted by Gasteiger charge is -2.40. The van der Waals surface area contributed by atoms with Crippen molar-refractivity contribution in [1.29, 1.82) is 0 Å². The molecule has 0 saturated carbocycles. The SMILES string of the molecule is COc1cc2c(cc1OC)C(CCN1CCN(c3ccc(F)cc3)CC1)OC(C)(C)C2. The molecule has 0 amide bonds. The van der Waals surface area contributed by atoms with Gasteiger partial charge >= 0.3 is 0 Å². The Bertz CT molecular complexity index is 892. The van der Waals surface area contributed by atoms with E-state index in [1.54, 1.807) is 14.2 Å².